The highest BCUT2D eigenvalue weighted by Crippen LogP contribution is 2.37. The standard InChI is InChI=1S/C14H20F3N3/c1-13(2,3)9-4-5-20(8-9)12-7-10(14(15,16)17)6-11(18)19-12/h6-7,9H,4-5,8H2,1-3H3,(H2,18,19). The molecule has 20 heavy (non-hydrogen) atoms. The summed E-state index contributed by atoms with van der Waals surface area (Å²) in [5.74, 6) is 0.679. The van der Waals surface area contributed by atoms with Crippen LogP contribution in [0.3, 0.4) is 0 Å². The molecule has 1 aliphatic heterocycles. The van der Waals surface area contributed by atoms with Crippen molar-refractivity contribution >= 4 is 11.6 Å². The van der Waals surface area contributed by atoms with Gasteiger partial charge in [-0.3, -0.25) is 0 Å². The van der Waals surface area contributed by atoms with Crippen molar-refractivity contribution in [1.82, 2.24) is 4.98 Å². The summed E-state index contributed by atoms with van der Waals surface area (Å²) >= 11 is 0. The maximum Gasteiger partial charge on any atom is 0.416 e. The first-order valence-corrected chi connectivity index (χ1v) is 6.67. The lowest BCUT2D eigenvalue weighted by molar-refractivity contribution is -0.137. The van der Waals surface area contributed by atoms with Gasteiger partial charge < -0.3 is 10.6 Å². The van der Waals surface area contributed by atoms with Gasteiger partial charge in [0.15, 0.2) is 0 Å². The molecule has 1 unspecified atom stereocenters. The summed E-state index contributed by atoms with van der Waals surface area (Å²) in [5.41, 5.74) is 4.91. The molecule has 1 fully saturated rings. The van der Waals surface area contributed by atoms with E-state index in [0.717, 1.165) is 31.6 Å². The van der Waals surface area contributed by atoms with Gasteiger partial charge in [0.25, 0.3) is 0 Å². The van der Waals surface area contributed by atoms with E-state index in [0.29, 0.717) is 11.7 Å². The quantitative estimate of drug-likeness (QED) is 0.858. The lowest BCUT2D eigenvalue weighted by Gasteiger charge is -2.27. The summed E-state index contributed by atoms with van der Waals surface area (Å²) < 4.78 is 38.4. The summed E-state index contributed by atoms with van der Waals surface area (Å²) in [5, 5.41) is 0. The molecule has 1 aromatic heterocycles. The van der Waals surface area contributed by atoms with Crippen molar-refractivity contribution in [3.05, 3.63) is 17.7 Å². The number of pyridine rings is 1. The second-order valence-electron chi connectivity index (χ2n) is 6.43. The highest BCUT2D eigenvalue weighted by atomic mass is 19.4. The predicted octanol–water partition coefficient (Wildman–Crippen LogP) is 3.56. The van der Waals surface area contributed by atoms with Gasteiger partial charge in [-0.2, -0.15) is 13.2 Å². The summed E-state index contributed by atoms with van der Waals surface area (Å²) in [6.45, 7) is 7.88. The van der Waals surface area contributed by atoms with E-state index in [1.54, 1.807) is 0 Å². The van der Waals surface area contributed by atoms with Crippen molar-refractivity contribution in [2.75, 3.05) is 23.7 Å². The van der Waals surface area contributed by atoms with Gasteiger partial charge in [-0.15, -0.1) is 0 Å². The number of hydrogen-bond acceptors (Lipinski definition) is 3. The van der Waals surface area contributed by atoms with Crippen molar-refractivity contribution in [2.45, 2.75) is 33.4 Å². The van der Waals surface area contributed by atoms with E-state index in [1.807, 2.05) is 4.90 Å². The first-order chi connectivity index (χ1) is 9.07. The third-order valence-corrected chi connectivity index (χ3v) is 3.90. The summed E-state index contributed by atoms with van der Waals surface area (Å²) in [6.07, 6.45) is -3.43. The Morgan fingerprint density at radius 1 is 1.25 bits per heavy atom. The maximum atomic E-state index is 12.8. The van der Waals surface area contributed by atoms with Crippen LogP contribution in [0.5, 0.6) is 0 Å². The minimum atomic E-state index is -4.39. The van der Waals surface area contributed by atoms with Gasteiger partial charge in [0, 0.05) is 13.1 Å². The van der Waals surface area contributed by atoms with Crippen molar-refractivity contribution < 1.29 is 13.2 Å². The molecule has 0 bridgehead atoms. The van der Waals surface area contributed by atoms with Crippen LogP contribution in [0.15, 0.2) is 12.1 Å². The van der Waals surface area contributed by atoms with Gasteiger partial charge >= 0.3 is 6.18 Å². The molecule has 0 saturated carbocycles. The molecule has 2 rings (SSSR count). The number of hydrogen-bond donors (Lipinski definition) is 1. The van der Waals surface area contributed by atoms with Crippen LogP contribution in [0.25, 0.3) is 0 Å². The van der Waals surface area contributed by atoms with Gasteiger partial charge in [-0.1, -0.05) is 20.8 Å². The fourth-order valence-corrected chi connectivity index (χ4v) is 2.54. The van der Waals surface area contributed by atoms with E-state index < -0.39 is 11.7 Å². The first kappa shape index (κ1) is 14.9. The number of rotatable bonds is 1. The van der Waals surface area contributed by atoms with Crippen LogP contribution in [-0.2, 0) is 6.18 Å². The van der Waals surface area contributed by atoms with Crippen LogP contribution in [0, 0.1) is 11.3 Å². The summed E-state index contributed by atoms with van der Waals surface area (Å²) in [4.78, 5) is 5.94. The molecule has 112 valence electrons. The number of nitrogen functional groups attached to an aromatic ring is 1. The van der Waals surface area contributed by atoms with Crippen molar-refractivity contribution in [3.63, 3.8) is 0 Å². The predicted molar refractivity (Wildman–Crippen MR) is 73.4 cm³/mol. The zero-order valence-corrected chi connectivity index (χ0v) is 12.0. The monoisotopic (exact) mass is 287 g/mol. The smallest absolute Gasteiger partial charge is 0.384 e. The highest BCUT2D eigenvalue weighted by Gasteiger charge is 2.35. The van der Waals surface area contributed by atoms with Gasteiger partial charge in [-0.25, -0.2) is 4.98 Å². The van der Waals surface area contributed by atoms with Crippen LogP contribution in [0.1, 0.15) is 32.8 Å². The number of halogens is 3. The minimum Gasteiger partial charge on any atom is -0.384 e. The van der Waals surface area contributed by atoms with Gasteiger partial charge in [0.05, 0.1) is 5.56 Å². The van der Waals surface area contributed by atoms with E-state index >= 15 is 0 Å². The Morgan fingerprint density at radius 3 is 2.40 bits per heavy atom. The van der Waals surface area contributed by atoms with E-state index in [2.05, 4.69) is 25.8 Å². The molecule has 1 saturated heterocycles. The largest absolute Gasteiger partial charge is 0.416 e. The number of nitrogens with two attached hydrogens (primary N) is 1. The molecule has 0 aromatic carbocycles. The van der Waals surface area contributed by atoms with Gasteiger partial charge in [0.1, 0.15) is 11.6 Å². The van der Waals surface area contributed by atoms with E-state index in [4.69, 9.17) is 5.73 Å². The number of anilines is 2. The average molecular weight is 287 g/mol. The molecule has 1 aromatic rings. The van der Waals surface area contributed by atoms with Crippen molar-refractivity contribution in [2.24, 2.45) is 11.3 Å². The van der Waals surface area contributed by atoms with E-state index in [9.17, 15) is 13.2 Å². The molecule has 6 heteroatoms. The Balaban J connectivity index is 2.25. The average Bonchev–Trinajstić information content (AvgIpc) is 2.75. The fourth-order valence-electron chi connectivity index (χ4n) is 2.54. The van der Waals surface area contributed by atoms with Crippen LogP contribution in [-0.4, -0.2) is 18.1 Å². The number of aromatic nitrogens is 1. The number of nitrogens with zero attached hydrogens (tertiary/aromatic N) is 2. The molecule has 0 radical (unpaired) electrons. The normalized spacial score (nSPS) is 20.5. The Labute approximate surface area is 117 Å². The molecule has 2 heterocycles. The van der Waals surface area contributed by atoms with Crippen molar-refractivity contribution in [3.8, 4) is 0 Å². The molecule has 3 nitrogen and oxygen atoms in total. The molecule has 0 spiro atoms. The molecule has 2 N–H and O–H groups in total. The zero-order chi connectivity index (χ0) is 15.1. The Morgan fingerprint density at radius 2 is 1.90 bits per heavy atom. The second-order valence-corrected chi connectivity index (χ2v) is 6.43. The van der Waals surface area contributed by atoms with Gasteiger partial charge in [0.2, 0.25) is 0 Å². The first-order valence-electron chi connectivity index (χ1n) is 6.67. The highest BCUT2D eigenvalue weighted by molar-refractivity contribution is 5.50. The van der Waals surface area contributed by atoms with Crippen LogP contribution in [0.2, 0.25) is 0 Å². The molecule has 1 atom stereocenters. The zero-order valence-electron chi connectivity index (χ0n) is 12.0. The SMILES string of the molecule is CC(C)(C)C1CCN(c2cc(C(F)(F)F)cc(N)n2)C1. The molecule has 0 aliphatic carbocycles. The summed E-state index contributed by atoms with van der Waals surface area (Å²) in [6, 6.07) is 1.96. The van der Waals surface area contributed by atoms with E-state index in [1.165, 1.54) is 0 Å². The molecule has 1 aliphatic rings. The maximum absolute atomic E-state index is 12.8. The van der Waals surface area contributed by atoms with Gasteiger partial charge in [-0.05, 0) is 29.9 Å². The Kier molecular flexibility index (Phi) is 3.60. The summed E-state index contributed by atoms with van der Waals surface area (Å²) in [7, 11) is 0. The third kappa shape index (κ3) is 3.16. The minimum absolute atomic E-state index is 0.0889. The molecular formula is C14H20F3N3. The molecular weight excluding hydrogens is 267 g/mol. The number of alkyl halides is 3. The van der Waals surface area contributed by atoms with Crippen LogP contribution in [0.4, 0.5) is 24.8 Å². The molecule has 0 amide bonds. The van der Waals surface area contributed by atoms with E-state index in [-0.39, 0.29) is 11.2 Å². The van der Waals surface area contributed by atoms with Crippen LogP contribution >= 0.6 is 0 Å². The van der Waals surface area contributed by atoms with Crippen LogP contribution < -0.4 is 10.6 Å². The third-order valence-electron chi connectivity index (χ3n) is 3.90. The van der Waals surface area contributed by atoms with Crippen molar-refractivity contribution in [1.29, 1.82) is 0 Å². The second kappa shape index (κ2) is 4.82. The Bertz CT molecular complexity index is 491. The fraction of sp³-hybridized carbons (Fsp3) is 0.643. The Hall–Kier alpha value is -1.46. The topological polar surface area (TPSA) is 42.1 Å². The lowest BCUT2D eigenvalue weighted by atomic mass is 9.80. The lowest BCUT2D eigenvalue weighted by Crippen LogP contribution is -2.26.